The summed E-state index contributed by atoms with van der Waals surface area (Å²) in [5.41, 5.74) is 1.57. The molecule has 0 aromatic heterocycles. The first kappa shape index (κ1) is 38.2. The highest BCUT2D eigenvalue weighted by molar-refractivity contribution is 5.65. The number of aliphatic hydroxyl groups is 1. The monoisotopic (exact) mass is 581 g/mol. The Hall–Kier alpha value is -2.80. The summed E-state index contributed by atoms with van der Waals surface area (Å²) >= 11 is 0. The fraction of sp³-hybridized carbons (Fsp3) is 0.545. The minimum Gasteiger partial charge on any atom is -0.386 e. The van der Waals surface area contributed by atoms with Crippen LogP contribution in [0.5, 0.6) is 0 Å². The lowest BCUT2D eigenvalue weighted by atomic mass is 9.81. The summed E-state index contributed by atoms with van der Waals surface area (Å²) in [4.78, 5) is 16.2. The van der Waals surface area contributed by atoms with Crippen molar-refractivity contribution in [2.45, 2.75) is 98.4 Å². The summed E-state index contributed by atoms with van der Waals surface area (Å²) in [5, 5.41) is 12.7. The van der Waals surface area contributed by atoms with Crippen molar-refractivity contribution in [3.63, 3.8) is 0 Å². The summed E-state index contributed by atoms with van der Waals surface area (Å²) in [7, 11) is 1.97. The van der Waals surface area contributed by atoms with Crippen LogP contribution in [-0.2, 0) is 16.0 Å². The average molecular weight is 582 g/mol. The van der Waals surface area contributed by atoms with Crippen molar-refractivity contribution in [1.29, 1.82) is 0 Å². The Morgan fingerprint density at radius 1 is 1.10 bits per heavy atom. The first-order valence-electron chi connectivity index (χ1n) is 14.0. The zero-order valence-corrected chi connectivity index (χ0v) is 25.7. The predicted octanol–water partition coefficient (Wildman–Crippen LogP) is 8.23. The summed E-state index contributed by atoms with van der Waals surface area (Å²) < 4.78 is 53.1. The van der Waals surface area contributed by atoms with E-state index < -0.39 is 23.4 Å². The Bertz CT molecular complexity index is 1100. The second-order valence-corrected chi connectivity index (χ2v) is 11.1. The quantitative estimate of drug-likeness (QED) is 0.231. The number of hydrogen-bond acceptors (Lipinski definition) is 4. The van der Waals surface area contributed by atoms with E-state index in [1.807, 2.05) is 20.9 Å². The first-order chi connectivity index (χ1) is 19.0. The van der Waals surface area contributed by atoms with Crippen LogP contribution in [0.1, 0.15) is 79.7 Å². The topological polar surface area (TPSA) is 66.4 Å². The molecule has 3 rings (SSSR count). The van der Waals surface area contributed by atoms with Crippen LogP contribution >= 0.6 is 0 Å². The van der Waals surface area contributed by atoms with Gasteiger partial charge in [-0.1, -0.05) is 45.5 Å². The zero-order chi connectivity index (χ0) is 32.0. The van der Waals surface area contributed by atoms with Crippen molar-refractivity contribution < 1.29 is 32.3 Å². The molecular weight excluding hydrogens is 534 g/mol. The molecule has 0 spiro atoms. The maximum atomic E-state index is 15.1. The highest BCUT2D eigenvalue weighted by atomic mass is 19.1. The highest BCUT2D eigenvalue weighted by Crippen LogP contribution is 2.53. The van der Waals surface area contributed by atoms with Crippen LogP contribution in [0.3, 0.4) is 0 Å². The number of hydrogen-bond donors (Lipinski definition) is 2. The standard InChI is InChI=1S/C22H26F3N.C7H14O.C3H7F.CO2/c1-4-22(8-9-22)21(26-3)14(2)10-15-6-5-7-19(20(15)25)16-11-17(23)13-18(24)12-16;1-5-7(4,8)6(2)3;1-3(2)4;2-1-3/h5-7,11-14,21,26H,4,8-10H2,1-3H3;8H,2,5H2,1,3-4H3;3H,1-2H3;/t14-,21?;7-;;/m00../s1. The lowest BCUT2D eigenvalue weighted by Crippen LogP contribution is -2.41. The number of halogens is 4. The van der Waals surface area contributed by atoms with E-state index in [0.29, 0.717) is 23.4 Å². The van der Waals surface area contributed by atoms with Crippen molar-refractivity contribution in [2.75, 3.05) is 7.05 Å². The molecule has 0 saturated heterocycles. The van der Waals surface area contributed by atoms with Crippen molar-refractivity contribution in [3.8, 4) is 11.1 Å². The zero-order valence-electron chi connectivity index (χ0n) is 25.7. The van der Waals surface area contributed by atoms with E-state index in [1.54, 1.807) is 25.1 Å². The molecule has 0 bridgehead atoms. The minimum atomic E-state index is -0.702. The van der Waals surface area contributed by atoms with Crippen LogP contribution in [0.2, 0.25) is 0 Å². The smallest absolute Gasteiger partial charge is 0.373 e. The van der Waals surface area contributed by atoms with Crippen molar-refractivity contribution >= 4 is 6.15 Å². The molecule has 1 fully saturated rings. The summed E-state index contributed by atoms with van der Waals surface area (Å²) in [6, 6.07) is 8.56. The van der Waals surface area contributed by atoms with Gasteiger partial charge in [0.15, 0.2) is 0 Å². The largest absolute Gasteiger partial charge is 0.386 e. The fourth-order valence-electron chi connectivity index (χ4n) is 4.68. The first-order valence-corrected chi connectivity index (χ1v) is 14.0. The molecule has 1 unspecified atom stereocenters. The van der Waals surface area contributed by atoms with Gasteiger partial charge in [0.25, 0.3) is 0 Å². The molecule has 8 heteroatoms. The molecule has 4 nitrogen and oxygen atoms in total. The molecule has 0 amide bonds. The third-order valence-electron chi connectivity index (χ3n) is 7.54. The molecule has 2 aromatic carbocycles. The van der Waals surface area contributed by atoms with Gasteiger partial charge in [0.2, 0.25) is 0 Å². The maximum Gasteiger partial charge on any atom is 0.373 e. The van der Waals surface area contributed by atoms with Gasteiger partial charge >= 0.3 is 6.15 Å². The molecule has 0 heterocycles. The molecule has 1 saturated carbocycles. The second kappa shape index (κ2) is 17.9. The molecule has 0 aliphatic heterocycles. The van der Waals surface area contributed by atoms with Gasteiger partial charge in [-0.15, -0.1) is 0 Å². The number of benzene rings is 2. The van der Waals surface area contributed by atoms with Crippen LogP contribution in [0.4, 0.5) is 17.6 Å². The lowest BCUT2D eigenvalue weighted by molar-refractivity contribution is -0.191. The minimum absolute atomic E-state index is 0.229. The summed E-state index contributed by atoms with van der Waals surface area (Å²) in [6.07, 6.45) is 4.45. The molecule has 0 radical (unpaired) electrons. The van der Waals surface area contributed by atoms with Crippen LogP contribution in [-0.4, -0.2) is 36.1 Å². The van der Waals surface area contributed by atoms with E-state index >= 15 is 4.39 Å². The van der Waals surface area contributed by atoms with Crippen LogP contribution in [0.15, 0.2) is 48.6 Å². The molecule has 2 N–H and O–H groups in total. The van der Waals surface area contributed by atoms with Gasteiger partial charge in [0.1, 0.15) is 17.5 Å². The van der Waals surface area contributed by atoms with Crippen LogP contribution < -0.4 is 5.32 Å². The average Bonchev–Trinajstić information content (AvgIpc) is 3.66. The van der Waals surface area contributed by atoms with E-state index in [2.05, 4.69) is 25.7 Å². The van der Waals surface area contributed by atoms with Crippen molar-refractivity contribution in [3.05, 3.63) is 71.6 Å². The highest BCUT2D eigenvalue weighted by Gasteiger charge is 2.48. The Morgan fingerprint density at radius 3 is 1.93 bits per heavy atom. The van der Waals surface area contributed by atoms with E-state index in [4.69, 9.17) is 9.59 Å². The van der Waals surface area contributed by atoms with Gasteiger partial charge in [-0.2, -0.15) is 9.59 Å². The summed E-state index contributed by atoms with van der Waals surface area (Å²) in [6.45, 7) is 16.6. The second-order valence-electron chi connectivity index (χ2n) is 11.1. The Kier molecular flexibility index (Phi) is 16.7. The summed E-state index contributed by atoms with van der Waals surface area (Å²) in [5.74, 6) is -1.53. The van der Waals surface area contributed by atoms with Crippen molar-refractivity contribution in [2.24, 2.45) is 11.3 Å². The van der Waals surface area contributed by atoms with E-state index in [-0.39, 0.29) is 29.0 Å². The Balaban J connectivity index is 0.000000885. The van der Waals surface area contributed by atoms with Gasteiger partial charge in [0.05, 0.1) is 11.8 Å². The molecule has 3 atom stereocenters. The predicted molar refractivity (Wildman–Crippen MR) is 156 cm³/mol. The van der Waals surface area contributed by atoms with Gasteiger partial charge < -0.3 is 10.4 Å². The van der Waals surface area contributed by atoms with Gasteiger partial charge in [-0.25, -0.2) is 17.6 Å². The molecule has 1 aliphatic carbocycles. The van der Waals surface area contributed by atoms with E-state index in [9.17, 15) is 18.3 Å². The van der Waals surface area contributed by atoms with Crippen molar-refractivity contribution in [1.82, 2.24) is 5.32 Å². The van der Waals surface area contributed by atoms with Gasteiger partial charge in [0, 0.05) is 17.7 Å². The molecule has 2 aromatic rings. The van der Waals surface area contributed by atoms with Gasteiger partial charge in [-0.3, -0.25) is 0 Å². The number of nitrogens with one attached hydrogen (secondary N) is 1. The normalized spacial score (nSPS) is 15.8. The molecule has 41 heavy (non-hydrogen) atoms. The van der Waals surface area contributed by atoms with E-state index in [1.165, 1.54) is 38.8 Å². The van der Waals surface area contributed by atoms with Crippen LogP contribution in [0, 0.1) is 28.8 Å². The maximum absolute atomic E-state index is 15.1. The molecule has 230 valence electrons. The Labute approximate surface area is 243 Å². The number of alkyl halides is 1. The Morgan fingerprint density at radius 2 is 1.59 bits per heavy atom. The van der Waals surface area contributed by atoms with E-state index in [0.717, 1.165) is 24.5 Å². The SMILES string of the molecule is C=C(C)[C@@](C)(O)CC.CC(C)F.CCC1(C(NC)[C@@H](C)Cc2cccc(-c3cc(F)cc(F)c3)c2F)CC1.O=C=O. The third-order valence-corrected chi connectivity index (χ3v) is 7.54. The third kappa shape index (κ3) is 12.7. The number of carbonyl (C=O) groups excluding carboxylic acids is 2. The molecular formula is C33H47F4NO3. The van der Waals surface area contributed by atoms with Crippen LogP contribution in [0.25, 0.3) is 11.1 Å². The fourth-order valence-corrected chi connectivity index (χ4v) is 4.68. The lowest BCUT2D eigenvalue weighted by Gasteiger charge is -2.31. The van der Waals surface area contributed by atoms with Gasteiger partial charge in [-0.05, 0) is 107 Å². The molecule has 1 aliphatic rings. The number of rotatable bonds is 9.